The number of rotatable bonds is 9. The molecule has 1 aliphatic rings. The van der Waals surface area contributed by atoms with E-state index in [2.05, 4.69) is 50.4 Å². The number of ether oxygens (including phenoxy) is 1. The molecule has 0 heterocycles. The average Bonchev–Trinajstić information content (AvgIpc) is 2.42. The summed E-state index contributed by atoms with van der Waals surface area (Å²) >= 11 is 0. The van der Waals surface area contributed by atoms with Gasteiger partial charge in [0.25, 0.3) is 0 Å². The maximum atomic E-state index is 5.27. The van der Waals surface area contributed by atoms with Crippen molar-refractivity contribution in [3.05, 3.63) is 0 Å². The second-order valence-electron chi connectivity index (χ2n) is 7.35. The lowest BCUT2D eigenvalue weighted by atomic mass is 9.67. The van der Waals surface area contributed by atoms with Crippen LogP contribution in [0, 0.1) is 5.41 Å². The van der Waals surface area contributed by atoms with Crippen LogP contribution in [0.3, 0.4) is 0 Å². The number of methoxy groups -OCH3 is 1. The highest BCUT2D eigenvalue weighted by atomic mass is 16.5. The molecule has 5 nitrogen and oxygen atoms in total. The Labute approximate surface area is 136 Å². The molecule has 1 rings (SSSR count). The van der Waals surface area contributed by atoms with Gasteiger partial charge in [-0.2, -0.15) is 0 Å². The minimum atomic E-state index is 0.0621. The molecule has 1 fully saturated rings. The van der Waals surface area contributed by atoms with Gasteiger partial charge in [-0.05, 0) is 59.5 Å². The summed E-state index contributed by atoms with van der Waals surface area (Å²) in [5.74, 6) is 0.932. The van der Waals surface area contributed by atoms with E-state index in [1.165, 1.54) is 19.3 Å². The van der Waals surface area contributed by atoms with E-state index in [9.17, 15) is 0 Å². The first-order valence-corrected chi connectivity index (χ1v) is 8.54. The summed E-state index contributed by atoms with van der Waals surface area (Å²) in [6, 6.07) is 0. The Morgan fingerprint density at radius 3 is 2.41 bits per heavy atom. The van der Waals surface area contributed by atoms with Gasteiger partial charge in [-0.1, -0.05) is 6.42 Å². The number of hydrogen-bond donors (Lipinski definition) is 2. The van der Waals surface area contributed by atoms with E-state index in [-0.39, 0.29) is 5.54 Å². The van der Waals surface area contributed by atoms with E-state index in [0.717, 1.165) is 38.6 Å². The lowest BCUT2D eigenvalue weighted by molar-refractivity contribution is 0.0732. The van der Waals surface area contributed by atoms with E-state index < -0.39 is 0 Å². The monoisotopic (exact) mass is 312 g/mol. The van der Waals surface area contributed by atoms with Crippen molar-refractivity contribution in [2.75, 3.05) is 47.4 Å². The molecule has 0 aromatic carbocycles. The summed E-state index contributed by atoms with van der Waals surface area (Å²) < 4.78 is 5.27. The Hall–Kier alpha value is -0.810. The fraction of sp³-hybridized carbons (Fsp3) is 0.941. The fourth-order valence-electron chi connectivity index (χ4n) is 2.54. The summed E-state index contributed by atoms with van der Waals surface area (Å²) in [6.45, 7) is 10.0. The van der Waals surface area contributed by atoms with Gasteiger partial charge in [0.05, 0.1) is 6.54 Å². The van der Waals surface area contributed by atoms with Gasteiger partial charge >= 0.3 is 0 Å². The normalized spacial score (nSPS) is 18.2. The van der Waals surface area contributed by atoms with E-state index in [1.807, 2.05) is 0 Å². The topological polar surface area (TPSA) is 48.9 Å². The molecule has 0 bridgehead atoms. The molecule has 0 radical (unpaired) electrons. The molecule has 1 aliphatic carbocycles. The first-order valence-electron chi connectivity index (χ1n) is 8.54. The highest BCUT2D eigenvalue weighted by molar-refractivity contribution is 5.79. The van der Waals surface area contributed by atoms with Crippen molar-refractivity contribution in [2.24, 2.45) is 10.4 Å². The van der Waals surface area contributed by atoms with Gasteiger partial charge in [0, 0.05) is 32.3 Å². The first-order chi connectivity index (χ1) is 10.4. The molecular weight excluding hydrogens is 276 g/mol. The second kappa shape index (κ2) is 8.73. The number of hydrogen-bond acceptors (Lipinski definition) is 3. The SMILES string of the molecule is CCNC(=NCC(C)(C)N(C)C)NCC1(CCOC)CCC1. The summed E-state index contributed by atoms with van der Waals surface area (Å²) in [5.41, 5.74) is 0.468. The van der Waals surface area contributed by atoms with Crippen molar-refractivity contribution >= 4 is 5.96 Å². The van der Waals surface area contributed by atoms with Crippen LogP contribution in [0.25, 0.3) is 0 Å². The van der Waals surface area contributed by atoms with Gasteiger partial charge in [0.2, 0.25) is 0 Å². The van der Waals surface area contributed by atoms with Gasteiger partial charge in [0.1, 0.15) is 0 Å². The third-order valence-electron chi connectivity index (χ3n) is 5.06. The Bertz CT molecular complexity index is 349. The second-order valence-corrected chi connectivity index (χ2v) is 7.35. The minimum Gasteiger partial charge on any atom is -0.385 e. The standard InChI is InChI=1S/C17H36N4O/c1-7-18-15(19-13-16(2,3)21(4)5)20-14-17(9-8-10-17)11-12-22-6/h7-14H2,1-6H3,(H2,18,19,20). The van der Waals surface area contributed by atoms with E-state index >= 15 is 0 Å². The van der Waals surface area contributed by atoms with E-state index in [1.54, 1.807) is 7.11 Å². The van der Waals surface area contributed by atoms with Gasteiger partial charge in [0.15, 0.2) is 5.96 Å². The third-order valence-corrected chi connectivity index (χ3v) is 5.06. The highest BCUT2D eigenvalue weighted by Crippen LogP contribution is 2.43. The van der Waals surface area contributed by atoms with Crippen LogP contribution in [0.4, 0.5) is 0 Å². The first kappa shape index (κ1) is 19.2. The van der Waals surface area contributed by atoms with E-state index in [0.29, 0.717) is 5.41 Å². The number of nitrogens with zero attached hydrogens (tertiary/aromatic N) is 2. The summed E-state index contributed by atoms with van der Waals surface area (Å²) in [7, 11) is 5.99. The van der Waals surface area contributed by atoms with Crippen LogP contribution in [0.1, 0.15) is 46.5 Å². The van der Waals surface area contributed by atoms with Crippen molar-refractivity contribution in [1.29, 1.82) is 0 Å². The predicted octanol–water partition coefficient (Wildman–Crippen LogP) is 2.09. The third kappa shape index (κ3) is 5.76. The molecule has 0 aromatic rings. The van der Waals surface area contributed by atoms with Crippen molar-refractivity contribution in [2.45, 2.75) is 52.0 Å². The molecule has 0 amide bonds. The van der Waals surface area contributed by atoms with Gasteiger partial charge < -0.3 is 20.3 Å². The Morgan fingerprint density at radius 1 is 1.27 bits per heavy atom. The van der Waals surface area contributed by atoms with E-state index in [4.69, 9.17) is 9.73 Å². The summed E-state index contributed by atoms with van der Waals surface area (Å²) in [5, 5.41) is 6.91. The zero-order valence-electron chi connectivity index (χ0n) is 15.5. The number of aliphatic imine (C=N–C) groups is 1. The molecule has 0 saturated heterocycles. The molecule has 0 spiro atoms. The van der Waals surface area contributed by atoms with Crippen LogP contribution in [-0.2, 0) is 4.74 Å². The number of nitrogens with one attached hydrogen (secondary N) is 2. The molecule has 0 unspecified atom stereocenters. The van der Waals surface area contributed by atoms with Crippen LogP contribution >= 0.6 is 0 Å². The van der Waals surface area contributed by atoms with Crippen molar-refractivity contribution in [1.82, 2.24) is 15.5 Å². The maximum absolute atomic E-state index is 5.27. The molecule has 22 heavy (non-hydrogen) atoms. The Kier molecular flexibility index (Phi) is 7.63. The highest BCUT2D eigenvalue weighted by Gasteiger charge is 2.36. The van der Waals surface area contributed by atoms with Crippen molar-refractivity contribution in [3.8, 4) is 0 Å². The lowest BCUT2D eigenvalue weighted by Gasteiger charge is -2.42. The smallest absolute Gasteiger partial charge is 0.191 e. The molecular formula is C17H36N4O. The lowest BCUT2D eigenvalue weighted by Crippen LogP contribution is -2.48. The van der Waals surface area contributed by atoms with Crippen molar-refractivity contribution in [3.63, 3.8) is 0 Å². The Morgan fingerprint density at radius 2 is 1.95 bits per heavy atom. The van der Waals surface area contributed by atoms with Crippen LogP contribution in [-0.4, -0.2) is 63.8 Å². The molecule has 130 valence electrons. The minimum absolute atomic E-state index is 0.0621. The number of likely N-dealkylation sites (N-methyl/N-ethyl adjacent to an activating group) is 1. The molecule has 5 heteroatoms. The quantitative estimate of drug-likeness (QED) is 0.505. The molecule has 2 N–H and O–H groups in total. The molecule has 0 atom stereocenters. The van der Waals surface area contributed by atoms with Gasteiger partial charge in [-0.3, -0.25) is 4.99 Å². The van der Waals surface area contributed by atoms with Crippen LogP contribution < -0.4 is 10.6 Å². The largest absolute Gasteiger partial charge is 0.385 e. The summed E-state index contributed by atoms with van der Waals surface area (Å²) in [6.07, 6.45) is 5.07. The summed E-state index contributed by atoms with van der Waals surface area (Å²) in [4.78, 5) is 6.98. The Balaban J connectivity index is 2.56. The predicted molar refractivity (Wildman–Crippen MR) is 94.5 cm³/mol. The van der Waals surface area contributed by atoms with Gasteiger partial charge in [-0.15, -0.1) is 0 Å². The average molecular weight is 313 g/mol. The van der Waals surface area contributed by atoms with Crippen LogP contribution in [0.2, 0.25) is 0 Å². The molecule has 1 saturated carbocycles. The van der Waals surface area contributed by atoms with Gasteiger partial charge in [-0.25, -0.2) is 0 Å². The van der Waals surface area contributed by atoms with Crippen LogP contribution in [0.15, 0.2) is 4.99 Å². The van der Waals surface area contributed by atoms with Crippen LogP contribution in [0.5, 0.6) is 0 Å². The molecule has 0 aliphatic heterocycles. The fourth-order valence-corrected chi connectivity index (χ4v) is 2.54. The zero-order valence-corrected chi connectivity index (χ0v) is 15.5. The van der Waals surface area contributed by atoms with Crippen molar-refractivity contribution < 1.29 is 4.74 Å². The number of guanidine groups is 1. The molecule has 0 aromatic heterocycles. The maximum Gasteiger partial charge on any atom is 0.191 e. The zero-order chi connectivity index (χ0) is 16.6.